The van der Waals surface area contributed by atoms with Crippen molar-refractivity contribution in [1.82, 2.24) is 5.16 Å². The fourth-order valence-electron chi connectivity index (χ4n) is 1.73. The molecule has 0 unspecified atom stereocenters. The zero-order valence-corrected chi connectivity index (χ0v) is 8.37. The summed E-state index contributed by atoms with van der Waals surface area (Å²) in [6.07, 6.45) is 0.551. The molecular weight excluding hydrogens is 178 g/mol. The zero-order chi connectivity index (χ0) is 10.1. The van der Waals surface area contributed by atoms with Gasteiger partial charge in [-0.15, -0.1) is 0 Å². The van der Waals surface area contributed by atoms with Crippen LogP contribution in [0, 0.1) is 13.8 Å². The summed E-state index contributed by atoms with van der Waals surface area (Å²) in [6, 6.07) is 4.11. The molecule has 14 heavy (non-hydrogen) atoms. The van der Waals surface area contributed by atoms with Crippen LogP contribution in [0.4, 0.5) is 0 Å². The summed E-state index contributed by atoms with van der Waals surface area (Å²) >= 11 is 0. The van der Waals surface area contributed by atoms with E-state index in [4.69, 9.17) is 9.63 Å². The van der Waals surface area contributed by atoms with E-state index in [1.54, 1.807) is 0 Å². The second-order valence-electron chi connectivity index (χ2n) is 3.56. The van der Waals surface area contributed by atoms with Gasteiger partial charge in [-0.2, -0.15) is 0 Å². The van der Waals surface area contributed by atoms with Gasteiger partial charge in [-0.25, -0.2) is 0 Å². The van der Waals surface area contributed by atoms with E-state index in [1.165, 1.54) is 5.56 Å². The van der Waals surface area contributed by atoms with Crippen molar-refractivity contribution in [2.75, 3.05) is 6.61 Å². The van der Waals surface area contributed by atoms with Crippen LogP contribution in [0.15, 0.2) is 16.7 Å². The molecule has 1 aromatic heterocycles. The molecule has 0 saturated heterocycles. The molecular formula is C11H13NO2. The third-order valence-electron chi connectivity index (χ3n) is 2.33. The number of aliphatic hydroxyl groups is 1. The molecule has 3 heteroatoms. The summed E-state index contributed by atoms with van der Waals surface area (Å²) in [4.78, 5) is 0. The van der Waals surface area contributed by atoms with E-state index in [-0.39, 0.29) is 6.61 Å². The number of aliphatic hydroxyl groups excluding tert-OH is 1. The number of hydrogen-bond acceptors (Lipinski definition) is 3. The molecule has 0 spiro atoms. The highest BCUT2D eigenvalue weighted by atomic mass is 16.5. The Labute approximate surface area is 82.3 Å². The Morgan fingerprint density at radius 3 is 2.86 bits per heavy atom. The molecule has 2 aromatic rings. The molecule has 0 saturated carbocycles. The van der Waals surface area contributed by atoms with E-state index in [2.05, 4.69) is 11.2 Å². The maximum atomic E-state index is 8.85. The summed E-state index contributed by atoms with van der Waals surface area (Å²) in [5, 5.41) is 13.8. The summed E-state index contributed by atoms with van der Waals surface area (Å²) in [7, 11) is 0. The Bertz CT molecular complexity index is 460. The lowest BCUT2D eigenvalue weighted by molar-refractivity contribution is 0.295. The number of fused-ring (bicyclic) bond motifs is 1. The molecule has 0 radical (unpaired) electrons. The topological polar surface area (TPSA) is 46.3 Å². The predicted octanol–water partition coefficient (Wildman–Crippen LogP) is 1.98. The van der Waals surface area contributed by atoms with Crippen LogP contribution in [-0.4, -0.2) is 16.9 Å². The molecule has 1 N–H and O–H groups in total. The Kier molecular flexibility index (Phi) is 2.25. The van der Waals surface area contributed by atoms with E-state index in [9.17, 15) is 0 Å². The van der Waals surface area contributed by atoms with E-state index in [1.807, 2.05) is 19.9 Å². The minimum atomic E-state index is 0.106. The monoisotopic (exact) mass is 191 g/mol. The number of aryl methyl sites for hydroxylation is 2. The molecule has 1 heterocycles. The minimum absolute atomic E-state index is 0.106. The standard InChI is InChI=1S/C11H13NO2/c1-7-5-8(2)11-9(6-7)10(3-4-13)12-14-11/h5-6,13H,3-4H2,1-2H3. The fraction of sp³-hybridized carbons (Fsp3) is 0.364. The molecule has 0 aliphatic rings. The van der Waals surface area contributed by atoms with E-state index in [0.29, 0.717) is 6.42 Å². The number of hydrogen-bond donors (Lipinski definition) is 1. The first-order valence-electron chi connectivity index (χ1n) is 4.68. The molecule has 0 bridgehead atoms. The molecule has 0 aliphatic heterocycles. The number of benzene rings is 1. The lowest BCUT2D eigenvalue weighted by Gasteiger charge is -1.97. The third-order valence-corrected chi connectivity index (χ3v) is 2.33. The van der Waals surface area contributed by atoms with Gasteiger partial charge >= 0.3 is 0 Å². The average Bonchev–Trinajstić information content (AvgIpc) is 2.49. The van der Waals surface area contributed by atoms with Crippen LogP contribution in [0.5, 0.6) is 0 Å². The quantitative estimate of drug-likeness (QED) is 0.789. The van der Waals surface area contributed by atoms with Crippen molar-refractivity contribution in [2.45, 2.75) is 20.3 Å². The normalized spacial score (nSPS) is 11.1. The van der Waals surface area contributed by atoms with Gasteiger partial charge in [0.25, 0.3) is 0 Å². The van der Waals surface area contributed by atoms with Gasteiger partial charge in [0.2, 0.25) is 0 Å². The number of aromatic nitrogens is 1. The minimum Gasteiger partial charge on any atom is -0.396 e. The first-order valence-corrected chi connectivity index (χ1v) is 4.68. The van der Waals surface area contributed by atoms with E-state index in [0.717, 1.165) is 22.2 Å². The van der Waals surface area contributed by atoms with Crippen LogP contribution < -0.4 is 0 Å². The van der Waals surface area contributed by atoms with Crippen molar-refractivity contribution < 1.29 is 9.63 Å². The highest BCUT2D eigenvalue weighted by Crippen LogP contribution is 2.23. The second kappa shape index (κ2) is 3.42. The fourth-order valence-corrected chi connectivity index (χ4v) is 1.73. The van der Waals surface area contributed by atoms with Crippen LogP contribution in [0.2, 0.25) is 0 Å². The van der Waals surface area contributed by atoms with Crippen molar-refractivity contribution in [3.05, 3.63) is 29.0 Å². The van der Waals surface area contributed by atoms with Crippen molar-refractivity contribution in [3.8, 4) is 0 Å². The zero-order valence-electron chi connectivity index (χ0n) is 8.37. The SMILES string of the molecule is Cc1cc(C)c2onc(CCO)c2c1. The maximum Gasteiger partial charge on any atom is 0.170 e. The van der Waals surface area contributed by atoms with Gasteiger partial charge in [0.15, 0.2) is 5.58 Å². The molecule has 3 nitrogen and oxygen atoms in total. The summed E-state index contributed by atoms with van der Waals surface area (Å²) < 4.78 is 5.23. The molecule has 2 rings (SSSR count). The summed E-state index contributed by atoms with van der Waals surface area (Å²) in [6.45, 7) is 4.15. The van der Waals surface area contributed by atoms with Crippen molar-refractivity contribution in [3.63, 3.8) is 0 Å². The Morgan fingerprint density at radius 2 is 2.14 bits per heavy atom. The molecule has 0 aliphatic carbocycles. The number of rotatable bonds is 2. The van der Waals surface area contributed by atoms with Crippen molar-refractivity contribution >= 4 is 11.0 Å². The van der Waals surface area contributed by atoms with Crippen molar-refractivity contribution in [2.24, 2.45) is 0 Å². The Morgan fingerprint density at radius 1 is 1.36 bits per heavy atom. The van der Waals surface area contributed by atoms with Crippen LogP contribution in [0.1, 0.15) is 16.8 Å². The first kappa shape index (κ1) is 9.21. The summed E-state index contributed by atoms with van der Waals surface area (Å²) in [5.41, 5.74) is 3.96. The van der Waals surface area contributed by atoms with Crippen LogP contribution in [-0.2, 0) is 6.42 Å². The molecule has 0 fully saturated rings. The van der Waals surface area contributed by atoms with Crippen LogP contribution in [0.25, 0.3) is 11.0 Å². The van der Waals surface area contributed by atoms with Gasteiger partial charge in [0.05, 0.1) is 5.69 Å². The first-order chi connectivity index (χ1) is 6.72. The highest BCUT2D eigenvalue weighted by Gasteiger charge is 2.09. The Hall–Kier alpha value is -1.35. The molecule has 74 valence electrons. The van der Waals surface area contributed by atoms with E-state index >= 15 is 0 Å². The van der Waals surface area contributed by atoms with Crippen LogP contribution in [0.3, 0.4) is 0 Å². The van der Waals surface area contributed by atoms with Gasteiger partial charge in [0.1, 0.15) is 0 Å². The average molecular weight is 191 g/mol. The molecule has 0 atom stereocenters. The predicted molar refractivity (Wildman–Crippen MR) is 54.3 cm³/mol. The van der Waals surface area contributed by atoms with Gasteiger partial charge in [-0.05, 0) is 31.0 Å². The smallest absolute Gasteiger partial charge is 0.170 e. The Balaban J connectivity index is 2.66. The van der Waals surface area contributed by atoms with Gasteiger partial charge in [-0.3, -0.25) is 0 Å². The largest absolute Gasteiger partial charge is 0.396 e. The van der Waals surface area contributed by atoms with Gasteiger partial charge < -0.3 is 9.63 Å². The second-order valence-corrected chi connectivity index (χ2v) is 3.56. The third kappa shape index (κ3) is 1.40. The lowest BCUT2D eigenvalue weighted by atomic mass is 10.1. The van der Waals surface area contributed by atoms with Gasteiger partial charge in [-0.1, -0.05) is 11.2 Å². The number of nitrogens with zero attached hydrogens (tertiary/aromatic N) is 1. The lowest BCUT2D eigenvalue weighted by Crippen LogP contribution is -1.91. The van der Waals surface area contributed by atoms with Crippen molar-refractivity contribution in [1.29, 1.82) is 0 Å². The van der Waals surface area contributed by atoms with Gasteiger partial charge in [0, 0.05) is 18.4 Å². The maximum absolute atomic E-state index is 8.85. The molecule has 0 amide bonds. The van der Waals surface area contributed by atoms with E-state index < -0.39 is 0 Å². The highest BCUT2D eigenvalue weighted by molar-refractivity contribution is 5.83. The van der Waals surface area contributed by atoms with Crippen LogP contribution >= 0.6 is 0 Å². The molecule has 1 aromatic carbocycles. The summed E-state index contributed by atoms with van der Waals surface area (Å²) in [5.74, 6) is 0.